The highest BCUT2D eigenvalue weighted by Crippen LogP contribution is 2.46. The normalized spacial score (nSPS) is 16.7. The van der Waals surface area contributed by atoms with Crippen LogP contribution in [-0.2, 0) is 37.5 Å². The van der Waals surface area contributed by atoms with Gasteiger partial charge in [0.1, 0.15) is 6.61 Å². The Kier molecular flexibility index (Phi) is 34.0. The van der Waals surface area contributed by atoms with Crippen molar-refractivity contribution in [3.63, 3.8) is 0 Å². The lowest BCUT2D eigenvalue weighted by Crippen LogP contribution is -2.30. The van der Waals surface area contributed by atoms with Gasteiger partial charge in [0.15, 0.2) is 6.10 Å². The molecule has 55 heavy (non-hydrogen) atoms. The van der Waals surface area contributed by atoms with E-state index in [0.717, 1.165) is 43.9 Å². The maximum absolute atomic E-state index is 12.7. The molecule has 10 nitrogen and oxygen atoms in total. The highest BCUT2D eigenvalue weighted by molar-refractivity contribution is 7.80. The standard InChI is InChI=1S/C43H82NO9PS/c1-3-5-7-9-11-12-13-14-15-16-17-21-25-29-42(46)50-36-40(37-52-54(48,49)51-33-32-44-41(45)31-34-55)53-43(47)30-26-22-18-20-24-28-39-35-38(39)27-23-19-10-8-6-4-2/h38-40,55H,3-37H2,1-2H3,(H,44,45)(H,48,49)/t38-,39-,40-/m1/s1. The maximum Gasteiger partial charge on any atom is 0.472 e. The van der Waals surface area contributed by atoms with Crippen molar-refractivity contribution in [1.82, 2.24) is 5.32 Å². The van der Waals surface area contributed by atoms with Crippen LogP contribution in [0.3, 0.4) is 0 Å². The van der Waals surface area contributed by atoms with Crippen molar-refractivity contribution < 1.29 is 42.4 Å². The molecular weight excluding hydrogens is 738 g/mol. The number of rotatable bonds is 41. The molecule has 0 aromatic rings. The van der Waals surface area contributed by atoms with Crippen molar-refractivity contribution >= 4 is 38.3 Å². The number of carbonyl (C=O) groups is 3. The maximum atomic E-state index is 12.7. The van der Waals surface area contributed by atoms with Crippen LogP contribution in [0.5, 0.6) is 0 Å². The Labute approximate surface area is 341 Å². The Morgan fingerprint density at radius 1 is 0.636 bits per heavy atom. The van der Waals surface area contributed by atoms with E-state index in [4.69, 9.17) is 18.5 Å². The third-order valence-electron chi connectivity index (χ3n) is 10.6. The molecule has 0 heterocycles. The number of hydrogen-bond acceptors (Lipinski definition) is 9. The Morgan fingerprint density at radius 3 is 1.58 bits per heavy atom. The topological polar surface area (TPSA) is 137 Å². The molecule has 2 N–H and O–H groups in total. The van der Waals surface area contributed by atoms with E-state index in [1.54, 1.807) is 0 Å². The van der Waals surface area contributed by atoms with Crippen LogP contribution in [0.4, 0.5) is 0 Å². The van der Waals surface area contributed by atoms with Gasteiger partial charge >= 0.3 is 19.8 Å². The molecule has 1 amide bonds. The summed E-state index contributed by atoms with van der Waals surface area (Å²) in [6.45, 7) is 3.54. The quantitative estimate of drug-likeness (QED) is 0.0238. The number of unbranched alkanes of at least 4 members (excludes halogenated alkanes) is 21. The number of phosphoric acid groups is 1. The van der Waals surface area contributed by atoms with Crippen molar-refractivity contribution in [3.05, 3.63) is 0 Å². The second-order valence-corrected chi connectivity index (χ2v) is 17.7. The number of hydrogen-bond donors (Lipinski definition) is 3. The number of esters is 2. The van der Waals surface area contributed by atoms with Crippen LogP contribution in [-0.4, -0.2) is 61.0 Å². The molecule has 0 spiro atoms. The van der Waals surface area contributed by atoms with Gasteiger partial charge in [0.05, 0.1) is 13.2 Å². The lowest BCUT2D eigenvalue weighted by Gasteiger charge is -2.20. The van der Waals surface area contributed by atoms with Crippen LogP contribution in [0, 0.1) is 11.8 Å². The molecule has 1 rings (SSSR count). The number of thiol groups is 1. The number of phosphoric ester groups is 1. The molecule has 12 heteroatoms. The smallest absolute Gasteiger partial charge is 0.462 e. The van der Waals surface area contributed by atoms with Crippen molar-refractivity contribution in [2.45, 2.75) is 213 Å². The zero-order valence-corrected chi connectivity index (χ0v) is 36.9. The van der Waals surface area contributed by atoms with E-state index in [1.165, 1.54) is 135 Å². The van der Waals surface area contributed by atoms with Crippen molar-refractivity contribution in [2.24, 2.45) is 11.8 Å². The molecule has 1 fully saturated rings. The van der Waals surface area contributed by atoms with Gasteiger partial charge in [0, 0.05) is 25.8 Å². The van der Waals surface area contributed by atoms with Crippen LogP contribution in [0.2, 0.25) is 0 Å². The zero-order chi connectivity index (χ0) is 40.2. The van der Waals surface area contributed by atoms with Gasteiger partial charge < -0.3 is 19.7 Å². The SMILES string of the molecule is CCCCCCCCCCCCCCCC(=O)OC[C@H](COP(=O)(O)OCCNC(=O)CCS)OC(=O)CCCCCCC[C@@H]1C[C@H]1CCCCCCCC. The highest BCUT2D eigenvalue weighted by atomic mass is 32.1. The summed E-state index contributed by atoms with van der Waals surface area (Å²) in [4.78, 5) is 46.9. The molecule has 0 radical (unpaired) electrons. The number of nitrogens with one attached hydrogen (secondary N) is 1. The summed E-state index contributed by atoms with van der Waals surface area (Å²) in [5, 5.41) is 2.56. The predicted octanol–water partition coefficient (Wildman–Crippen LogP) is 11.6. The Bertz CT molecular complexity index is 1000. The molecule has 0 saturated heterocycles. The zero-order valence-electron chi connectivity index (χ0n) is 35.1. The van der Waals surface area contributed by atoms with Gasteiger partial charge in [0.25, 0.3) is 0 Å². The van der Waals surface area contributed by atoms with Gasteiger partial charge in [-0.2, -0.15) is 12.6 Å². The first-order chi connectivity index (χ1) is 26.7. The average molecular weight is 820 g/mol. The number of ether oxygens (including phenoxy) is 2. The Balaban J connectivity index is 2.31. The summed E-state index contributed by atoms with van der Waals surface area (Å²) in [6.07, 6.45) is 32.9. The van der Waals surface area contributed by atoms with Crippen molar-refractivity contribution in [3.8, 4) is 0 Å². The van der Waals surface area contributed by atoms with Gasteiger partial charge in [-0.05, 0) is 36.9 Å². The van der Waals surface area contributed by atoms with Crippen LogP contribution >= 0.6 is 20.5 Å². The van der Waals surface area contributed by atoms with Gasteiger partial charge in [-0.3, -0.25) is 23.4 Å². The minimum absolute atomic E-state index is 0.0239. The minimum Gasteiger partial charge on any atom is -0.462 e. The van der Waals surface area contributed by atoms with Crippen LogP contribution in [0.1, 0.15) is 206 Å². The van der Waals surface area contributed by atoms with E-state index in [2.05, 4.69) is 31.8 Å². The van der Waals surface area contributed by atoms with Gasteiger partial charge in [-0.25, -0.2) is 4.57 Å². The summed E-state index contributed by atoms with van der Waals surface area (Å²) < 4.78 is 33.5. The Morgan fingerprint density at radius 2 is 1.09 bits per heavy atom. The molecule has 0 aromatic heterocycles. The first-order valence-corrected chi connectivity index (χ1v) is 24.7. The molecular formula is C43H82NO9PS. The van der Waals surface area contributed by atoms with E-state index in [9.17, 15) is 23.8 Å². The fourth-order valence-electron chi connectivity index (χ4n) is 7.07. The minimum atomic E-state index is -4.51. The average Bonchev–Trinajstić information content (AvgIpc) is 3.92. The molecule has 1 unspecified atom stereocenters. The lowest BCUT2D eigenvalue weighted by atomic mass is 10.0. The Hall–Kier alpha value is -1.13. The first-order valence-electron chi connectivity index (χ1n) is 22.5. The predicted molar refractivity (Wildman–Crippen MR) is 226 cm³/mol. The van der Waals surface area contributed by atoms with Gasteiger partial charge in [0.2, 0.25) is 5.91 Å². The van der Waals surface area contributed by atoms with E-state index in [1.807, 2.05) is 0 Å². The molecule has 324 valence electrons. The summed E-state index contributed by atoms with van der Waals surface area (Å²) in [6, 6.07) is 0. The molecule has 4 atom stereocenters. The monoisotopic (exact) mass is 820 g/mol. The van der Waals surface area contributed by atoms with E-state index >= 15 is 0 Å². The molecule has 0 aromatic carbocycles. The van der Waals surface area contributed by atoms with Crippen molar-refractivity contribution in [1.29, 1.82) is 0 Å². The van der Waals surface area contributed by atoms with Gasteiger partial charge in [-0.1, -0.05) is 168 Å². The fraction of sp³-hybridized carbons (Fsp3) is 0.930. The van der Waals surface area contributed by atoms with E-state index in [0.29, 0.717) is 12.2 Å². The second-order valence-electron chi connectivity index (χ2n) is 15.8. The lowest BCUT2D eigenvalue weighted by molar-refractivity contribution is -0.161. The third kappa shape index (κ3) is 33.5. The van der Waals surface area contributed by atoms with Gasteiger partial charge in [-0.15, -0.1) is 0 Å². The molecule has 1 aliphatic rings. The van der Waals surface area contributed by atoms with Crippen LogP contribution in [0.25, 0.3) is 0 Å². The highest BCUT2D eigenvalue weighted by Gasteiger charge is 2.35. The summed E-state index contributed by atoms with van der Waals surface area (Å²) >= 11 is 4.00. The molecule has 1 saturated carbocycles. The summed E-state index contributed by atoms with van der Waals surface area (Å²) in [5.74, 6) is 1.17. The summed E-state index contributed by atoms with van der Waals surface area (Å²) in [7, 11) is -4.51. The largest absolute Gasteiger partial charge is 0.472 e. The molecule has 1 aliphatic carbocycles. The third-order valence-corrected chi connectivity index (χ3v) is 11.8. The van der Waals surface area contributed by atoms with E-state index < -0.39 is 32.5 Å². The van der Waals surface area contributed by atoms with Crippen molar-refractivity contribution in [2.75, 3.05) is 32.1 Å². The summed E-state index contributed by atoms with van der Waals surface area (Å²) in [5.41, 5.74) is 0. The van der Waals surface area contributed by atoms with E-state index in [-0.39, 0.29) is 44.9 Å². The molecule has 0 bridgehead atoms. The molecule has 0 aliphatic heterocycles. The number of amides is 1. The van der Waals surface area contributed by atoms with Crippen LogP contribution < -0.4 is 5.32 Å². The second kappa shape index (κ2) is 36.0. The fourth-order valence-corrected chi connectivity index (χ4v) is 8.03. The number of carbonyl (C=O) groups excluding carboxylic acids is 3. The van der Waals surface area contributed by atoms with Crippen LogP contribution in [0.15, 0.2) is 0 Å². The first kappa shape index (κ1) is 51.9.